The lowest BCUT2D eigenvalue weighted by molar-refractivity contribution is -0.145. The maximum atomic E-state index is 13.7. The molecule has 1 aromatic carbocycles. The fourth-order valence-electron chi connectivity index (χ4n) is 4.35. The molecule has 0 aliphatic carbocycles. The number of rotatable bonds is 12. The number of benzene rings is 1. The zero-order chi connectivity index (χ0) is 30.3. The number of amides is 4. The number of likely N-dealkylation sites (tertiary alicyclic amines) is 1. The van der Waals surface area contributed by atoms with Crippen LogP contribution in [0.4, 0.5) is 0 Å². The number of Topliss-reactive ketones (excluding diaryl/α,β-unsaturated/α-hetero) is 1. The van der Waals surface area contributed by atoms with E-state index in [4.69, 9.17) is 0 Å². The van der Waals surface area contributed by atoms with Crippen LogP contribution in [0.2, 0.25) is 0 Å². The minimum Gasteiger partial charge on any atom is -0.346 e. The van der Waals surface area contributed by atoms with Gasteiger partial charge in [-0.25, -0.2) is 0 Å². The van der Waals surface area contributed by atoms with Crippen molar-refractivity contribution in [2.75, 3.05) is 13.1 Å². The van der Waals surface area contributed by atoms with Gasteiger partial charge in [0.05, 0.1) is 12.5 Å². The molecule has 1 fully saturated rings. The van der Waals surface area contributed by atoms with E-state index in [2.05, 4.69) is 36.4 Å². The number of carbonyl (C=O) groups excluding carboxylic acids is 5. The second-order valence-electron chi connectivity index (χ2n) is 11.1. The smallest absolute Gasteiger partial charge is 0.289 e. The van der Waals surface area contributed by atoms with Crippen molar-refractivity contribution in [1.29, 1.82) is 0 Å². The molecule has 1 heterocycles. The Morgan fingerprint density at radius 2 is 1.68 bits per heavy atom. The van der Waals surface area contributed by atoms with Crippen LogP contribution >= 0.6 is 0 Å². The van der Waals surface area contributed by atoms with Crippen molar-refractivity contribution in [2.45, 2.75) is 98.2 Å². The first-order valence-electron chi connectivity index (χ1n) is 14.3. The van der Waals surface area contributed by atoms with Crippen molar-refractivity contribution < 1.29 is 24.0 Å². The molecule has 0 saturated carbocycles. The third-order valence-corrected chi connectivity index (χ3v) is 6.31. The lowest BCUT2D eigenvalue weighted by atomic mass is 9.85. The predicted octanol–water partition coefficient (Wildman–Crippen LogP) is 3.32. The average Bonchev–Trinajstić information content (AvgIpc) is 3.40. The van der Waals surface area contributed by atoms with Crippen molar-refractivity contribution in [2.24, 2.45) is 5.41 Å². The van der Waals surface area contributed by atoms with Gasteiger partial charge in [0.2, 0.25) is 23.5 Å². The quantitative estimate of drug-likeness (QED) is 0.269. The topological polar surface area (TPSA) is 125 Å². The summed E-state index contributed by atoms with van der Waals surface area (Å²) in [6, 6.07) is 6.66. The summed E-state index contributed by atoms with van der Waals surface area (Å²) in [5.74, 6) is -2.61. The highest BCUT2D eigenvalue weighted by molar-refractivity contribution is 6.38. The summed E-state index contributed by atoms with van der Waals surface area (Å²) in [7, 11) is 0. The van der Waals surface area contributed by atoms with Gasteiger partial charge in [0.15, 0.2) is 0 Å². The molecule has 1 aliphatic heterocycles. The van der Waals surface area contributed by atoms with Crippen LogP contribution in [-0.4, -0.2) is 65.5 Å². The Morgan fingerprint density at radius 1 is 1.05 bits per heavy atom. The van der Waals surface area contributed by atoms with Crippen LogP contribution in [0.1, 0.15) is 79.2 Å². The van der Waals surface area contributed by atoms with E-state index in [0.29, 0.717) is 32.2 Å². The van der Waals surface area contributed by atoms with Gasteiger partial charge in [-0.1, -0.05) is 90.8 Å². The first-order valence-corrected chi connectivity index (χ1v) is 14.3. The largest absolute Gasteiger partial charge is 0.346 e. The van der Waals surface area contributed by atoms with Gasteiger partial charge < -0.3 is 20.9 Å². The highest BCUT2D eigenvalue weighted by atomic mass is 16.2. The average molecular weight is 557 g/mol. The summed E-state index contributed by atoms with van der Waals surface area (Å²) < 4.78 is 0. The Kier molecular flexibility index (Phi) is 14.9. The number of hydrogen-bond donors (Lipinski definition) is 3. The van der Waals surface area contributed by atoms with Gasteiger partial charge in [0.25, 0.3) is 5.91 Å². The van der Waals surface area contributed by atoms with Crippen LogP contribution in [0, 0.1) is 5.41 Å². The summed E-state index contributed by atoms with van der Waals surface area (Å²) in [5.41, 5.74) is 0.235. The predicted molar refractivity (Wildman–Crippen MR) is 157 cm³/mol. The van der Waals surface area contributed by atoms with Gasteiger partial charge >= 0.3 is 0 Å². The number of carbonyl (C=O) groups is 5. The van der Waals surface area contributed by atoms with Gasteiger partial charge in [-0.2, -0.15) is 0 Å². The molecule has 3 N–H and O–H groups in total. The van der Waals surface area contributed by atoms with Crippen LogP contribution in [-0.2, 0) is 30.4 Å². The molecule has 9 nitrogen and oxygen atoms in total. The van der Waals surface area contributed by atoms with E-state index in [-0.39, 0.29) is 24.8 Å². The second-order valence-corrected chi connectivity index (χ2v) is 11.1. The minimum atomic E-state index is -0.983. The molecule has 0 bridgehead atoms. The van der Waals surface area contributed by atoms with Crippen molar-refractivity contribution in [3.63, 3.8) is 0 Å². The SMILES string of the molecule is C=CCNC(=O)C(=O)C(CCC)NC(=O)C1CCCN1C(=O)C(NC(=O)Cc1ccccc1)C(C)(C)C.CCC. The molecule has 4 amide bonds. The van der Waals surface area contributed by atoms with Crippen molar-refractivity contribution in [3.8, 4) is 0 Å². The monoisotopic (exact) mass is 556 g/mol. The van der Waals surface area contributed by atoms with Crippen LogP contribution in [0.5, 0.6) is 0 Å². The van der Waals surface area contributed by atoms with E-state index in [1.54, 1.807) is 0 Å². The molecule has 2 rings (SSSR count). The summed E-state index contributed by atoms with van der Waals surface area (Å²) in [4.78, 5) is 66.0. The standard InChI is InChI=1S/C28H40N4O5.C3H8/c1-6-12-20(23(34)26(36)29-16-7-2)30-25(35)21-15-11-17-32(21)27(37)24(28(3,4)5)31-22(33)18-19-13-9-8-10-14-19;1-3-2/h7-10,13-14,20-21,24H,2,6,11-12,15-18H2,1,3-5H3,(H,29,36)(H,30,35)(H,31,33);3H2,1-2H3. The maximum absolute atomic E-state index is 13.7. The third-order valence-electron chi connectivity index (χ3n) is 6.31. The molecule has 1 saturated heterocycles. The summed E-state index contributed by atoms with van der Waals surface area (Å²) >= 11 is 0. The number of nitrogens with one attached hydrogen (secondary N) is 3. The molecule has 9 heteroatoms. The van der Waals surface area contributed by atoms with Crippen LogP contribution < -0.4 is 16.0 Å². The number of ketones is 1. The van der Waals surface area contributed by atoms with Gasteiger partial charge in [-0.3, -0.25) is 24.0 Å². The number of nitrogens with zero attached hydrogens (tertiary/aromatic N) is 1. The van der Waals surface area contributed by atoms with E-state index < -0.39 is 41.1 Å². The van der Waals surface area contributed by atoms with E-state index >= 15 is 0 Å². The lowest BCUT2D eigenvalue weighted by Crippen LogP contribution is -2.59. The lowest BCUT2D eigenvalue weighted by Gasteiger charge is -2.35. The van der Waals surface area contributed by atoms with Crippen molar-refractivity contribution in [1.82, 2.24) is 20.9 Å². The Labute approximate surface area is 239 Å². The van der Waals surface area contributed by atoms with Gasteiger partial charge in [0, 0.05) is 13.1 Å². The molecule has 3 atom stereocenters. The molecule has 1 aliphatic rings. The van der Waals surface area contributed by atoms with E-state index in [0.717, 1.165) is 5.56 Å². The van der Waals surface area contributed by atoms with Crippen LogP contribution in [0.3, 0.4) is 0 Å². The zero-order valence-corrected chi connectivity index (χ0v) is 25.0. The van der Waals surface area contributed by atoms with Crippen molar-refractivity contribution >= 4 is 29.4 Å². The van der Waals surface area contributed by atoms with Gasteiger partial charge in [-0.05, 0) is 30.2 Å². The van der Waals surface area contributed by atoms with E-state index in [1.165, 1.54) is 17.4 Å². The molecular weight excluding hydrogens is 508 g/mol. The van der Waals surface area contributed by atoms with E-state index in [1.807, 2.05) is 58.0 Å². The summed E-state index contributed by atoms with van der Waals surface area (Å²) in [6.07, 6.45) is 4.78. The molecule has 1 aromatic rings. The molecule has 0 spiro atoms. The van der Waals surface area contributed by atoms with Crippen LogP contribution in [0.15, 0.2) is 43.0 Å². The van der Waals surface area contributed by atoms with Gasteiger partial charge in [-0.15, -0.1) is 6.58 Å². The fourth-order valence-corrected chi connectivity index (χ4v) is 4.35. The second kappa shape index (κ2) is 17.3. The molecule has 3 unspecified atom stereocenters. The molecule has 222 valence electrons. The third kappa shape index (κ3) is 10.9. The zero-order valence-electron chi connectivity index (χ0n) is 25.0. The number of hydrogen-bond acceptors (Lipinski definition) is 5. The molecule has 40 heavy (non-hydrogen) atoms. The van der Waals surface area contributed by atoms with Crippen LogP contribution in [0.25, 0.3) is 0 Å². The Bertz CT molecular complexity index is 1000. The Morgan fingerprint density at radius 3 is 2.23 bits per heavy atom. The Hall–Kier alpha value is -3.49. The maximum Gasteiger partial charge on any atom is 0.289 e. The first-order chi connectivity index (χ1) is 18.9. The van der Waals surface area contributed by atoms with Gasteiger partial charge in [0.1, 0.15) is 12.1 Å². The molecule has 0 aromatic heterocycles. The molecular formula is C31H48N4O5. The highest BCUT2D eigenvalue weighted by Crippen LogP contribution is 2.26. The highest BCUT2D eigenvalue weighted by Gasteiger charge is 2.42. The van der Waals surface area contributed by atoms with E-state index in [9.17, 15) is 24.0 Å². The minimum absolute atomic E-state index is 0.138. The molecule has 0 radical (unpaired) electrons. The summed E-state index contributed by atoms with van der Waals surface area (Å²) in [6.45, 7) is 15.7. The first kappa shape index (κ1) is 34.5. The summed E-state index contributed by atoms with van der Waals surface area (Å²) in [5, 5.41) is 8.02. The normalized spacial score (nSPS) is 16.1. The fraction of sp³-hybridized carbons (Fsp3) is 0.581. The van der Waals surface area contributed by atoms with Crippen molar-refractivity contribution in [3.05, 3.63) is 48.6 Å². The Balaban J connectivity index is 0.00000254.